The number of likely N-dealkylation sites (tertiary alicyclic amines) is 1. The molecule has 1 amide bonds. The van der Waals surface area contributed by atoms with E-state index in [0.29, 0.717) is 47.7 Å². The van der Waals surface area contributed by atoms with E-state index >= 15 is 0 Å². The fourth-order valence-corrected chi connectivity index (χ4v) is 3.77. The summed E-state index contributed by atoms with van der Waals surface area (Å²) in [5, 5.41) is 5.06. The molecule has 0 N–H and O–H groups in total. The Morgan fingerprint density at radius 2 is 1.93 bits per heavy atom. The van der Waals surface area contributed by atoms with Crippen LogP contribution in [0.15, 0.2) is 22.7 Å². The second kappa shape index (κ2) is 10.1. The molecule has 1 aromatic heterocycles. The van der Waals surface area contributed by atoms with Gasteiger partial charge in [0.1, 0.15) is 0 Å². The van der Waals surface area contributed by atoms with E-state index in [0.717, 1.165) is 25.2 Å². The van der Waals surface area contributed by atoms with Gasteiger partial charge >= 0.3 is 0 Å². The molecule has 1 fully saturated rings. The van der Waals surface area contributed by atoms with Crippen molar-refractivity contribution in [3.63, 3.8) is 0 Å². The van der Waals surface area contributed by atoms with Crippen LogP contribution in [-0.2, 0) is 23.2 Å². The number of nitrogens with zero attached hydrogens (tertiary/aromatic N) is 4. The van der Waals surface area contributed by atoms with Gasteiger partial charge in [-0.2, -0.15) is 4.98 Å². The Morgan fingerprint density at radius 1 is 1.20 bits per heavy atom. The monoisotopic (exact) mass is 452 g/mol. The van der Waals surface area contributed by atoms with Gasteiger partial charge in [0, 0.05) is 37.9 Å². The van der Waals surface area contributed by atoms with Crippen molar-refractivity contribution in [1.29, 1.82) is 0 Å². The smallest absolute Gasteiger partial charge is 0.227 e. The molecule has 6 nitrogen and oxygen atoms in total. The summed E-state index contributed by atoms with van der Waals surface area (Å²) in [5.41, 5.74) is 0.786. The molecule has 0 aliphatic carbocycles. The number of halogens is 2. The maximum Gasteiger partial charge on any atom is 0.227 e. The van der Waals surface area contributed by atoms with Crippen molar-refractivity contribution in [2.75, 3.05) is 26.2 Å². The molecule has 0 atom stereocenters. The van der Waals surface area contributed by atoms with Crippen LogP contribution in [0.1, 0.15) is 57.3 Å². The van der Waals surface area contributed by atoms with Crippen LogP contribution >= 0.6 is 23.2 Å². The number of rotatable bonds is 8. The first kappa shape index (κ1) is 23.0. The van der Waals surface area contributed by atoms with Crippen molar-refractivity contribution in [3.05, 3.63) is 45.5 Å². The van der Waals surface area contributed by atoms with Crippen molar-refractivity contribution in [2.24, 2.45) is 0 Å². The zero-order chi connectivity index (χ0) is 21.7. The van der Waals surface area contributed by atoms with E-state index in [4.69, 9.17) is 27.7 Å². The topological polar surface area (TPSA) is 62.5 Å². The van der Waals surface area contributed by atoms with Gasteiger partial charge in [0.2, 0.25) is 11.8 Å². The maximum absolute atomic E-state index is 13.0. The summed E-state index contributed by atoms with van der Waals surface area (Å²) in [5.74, 6) is 1.23. The highest BCUT2D eigenvalue weighted by atomic mass is 35.5. The third kappa shape index (κ3) is 6.43. The summed E-state index contributed by atoms with van der Waals surface area (Å²) in [6, 6.07) is 5.51. The van der Waals surface area contributed by atoms with Crippen LogP contribution in [0.25, 0.3) is 0 Å². The molecule has 1 aromatic carbocycles. The number of carbonyl (C=O) groups is 1. The average molecular weight is 453 g/mol. The number of hydrogen-bond donors (Lipinski definition) is 0. The average Bonchev–Trinajstić information content (AvgIpc) is 3.37. The van der Waals surface area contributed by atoms with E-state index in [1.165, 1.54) is 12.8 Å². The highest BCUT2D eigenvalue weighted by molar-refractivity contribution is 6.42. The summed E-state index contributed by atoms with van der Waals surface area (Å²) in [6.07, 6.45) is 3.22. The van der Waals surface area contributed by atoms with Crippen LogP contribution < -0.4 is 0 Å². The second-order valence-corrected chi connectivity index (χ2v) is 9.69. The Kier molecular flexibility index (Phi) is 7.77. The van der Waals surface area contributed by atoms with Gasteiger partial charge in [0.25, 0.3) is 0 Å². The highest BCUT2D eigenvalue weighted by Crippen LogP contribution is 2.24. The SMILES string of the molecule is CC(C)(C)c1noc(CCC(=O)N(CCN2CCCC2)Cc2ccc(Cl)c(Cl)c2)n1. The molecule has 0 saturated carbocycles. The second-order valence-electron chi connectivity index (χ2n) is 8.87. The fourth-order valence-electron chi connectivity index (χ4n) is 3.45. The van der Waals surface area contributed by atoms with E-state index < -0.39 is 0 Å². The van der Waals surface area contributed by atoms with Gasteiger partial charge in [-0.3, -0.25) is 4.79 Å². The number of benzene rings is 1. The summed E-state index contributed by atoms with van der Waals surface area (Å²) < 4.78 is 5.34. The molecule has 1 saturated heterocycles. The van der Waals surface area contributed by atoms with Crippen LogP contribution in [0, 0.1) is 0 Å². The van der Waals surface area contributed by atoms with Gasteiger partial charge in [-0.1, -0.05) is 55.2 Å². The molecule has 0 unspecified atom stereocenters. The quantitative estimate of drug-likeness (QED) is 0.578. The van der Waals surface area contributed by atoms with E-state index in [-0.39, 0.29) is 11.3 Å². The minimum atomic E-state index is -0.179. The lowest BCUT2D eigenvalue weighted by atomic mass is 9.96. The van der Waals surface area contributed by atoms with Crippen molar-refractivity contribution in [1.82, 2.24) is 19.9 Å². The molecule has 3 rings (SSSR count). The first-order valence-electron chi connectivity index (χ1n) is 10.5. The normalized spacial score (nSPS) is 15.0. The van der Waals surface area contributed by atoms with Crippen LogP contribution in [0.3, 0.4) is 0 Å². The van der Waals surface area contributed by atoms with E-state index in [1.807, 2.05) is 37.8 Å². The standard InChI is InChI=1S/C22H30Cl2N4O2/c1-22(2,3)21-25-19(30-26-21)8-9-20(29)28(13-12-27-10-4-5-11-27)15-16-6-7-17(23)18(24)14-16/h6-7,14H,4-5,8-13,15H2,1-3H3. The molecular weight excluding hydrogens is 423 g/mol. The fraction of sp³-hybridized carbons (Fsp3) is 0.591. The molecule has 30 heavy (non-hydrogen) atoms. The van der Waals surface area contributed by atoms with Gasteiger partial charge in [-0.15, -0.1) is 0 Å². The maximum atomic E-state index is 13.0. The lowest BCUT2D eigenvalue weighted by Gasteiger charge is -2.26. The zero-order valence-corrected chi connectivity index (χ0v) is 19.5. The largest absolute Gasteiger partial charge is 0.339 e. The van der Waals surface area contributed by atoms with E-state index in [9.17, 15) is 4.79 Å². The van der Waals surface area contributed by atoms with Crippen LogP contribution in [0.5, 0.6) is 0 Å². The number of aromatic nitrogens is 2. The van der Waals surface area contributed by atoms with Crippen molar-refractivity contribution in [3.8, 4) is 0 Å². The number of aryl methyl sites for hydroxylation is 1. The number of carbonyl (C=O) groups excluding carboxylic acids is 1. The third-order valence-electron chi connectivity index (χ3n) is 5.29. The summed E-state index contributed by atoms with van der Waals surface area (Å²) in [7, 11) is 0. The number of hydrogen-bond acceptors (Lipinski definition) is 5. The third-order valence-corrected chi connectivity index (χ3v) is 6.03. The first-order chi connectivity index (χ1) is 14.2. The van der Waals surface area contributed by atoms with Gasteiger partial charge in [-0.05, 0) is 43.6 Å². The molecule has 1 aliphatic rings. The van der Waals surface area contributed by atoms with Crippen molar-refractivity contribution < 1.29 is 9.32 Å². The molecule has 8 heteroatoms. The molecule has 1 aliphatic heterocycles. The minimum Gasteiger partial charge on any atom is -0.339 e. The Labute approximate surface area is 188 Å². The Balaban J connectivity index is 1.63. The molecule has 2 aromatic rings. The lowest BCUT2D eigenvalue weighted by Crippen LogP contribution is -2.37. The minimum absolute atomic E-state index is 0.0655. The van der Waals surface area contributed by atoms with Gasteiger partial charge < -0.3 is 14.3 Å². The highest BCUT2D eigenvalue weighted by Gasteiger charge is 2.22. The molecular formula is C22H30Cl2N4O2. The predicted molar refractivity (Wildman–Crippen MR) is 119 cm³/mol. The molecule has 2 heterocycles. The molecule has 0 bridgehead atoms. The molecule has 0 spiro atoms. The van der Waals surface area contributed by atoms with Crippen LogP contribution in [-0.4, -0.2) is 52.0 Å². The van der Waals surface area contributed by atoms with Crippen LogP contribution in [0.4, 0.5) is 0 Å². The Morgan fingerprint density at radius 3 is 2.57 bits per heavy atom. The number of amides is 1. The summed E-state index contributed by atoms with van der Waals surface area (Å²) >= 11 is 12.2. The van der Waals surface area contributed by atoms with Gasteiger partial charge in [0.15, 0.2) is 5.82 Å². The van der Waals surface area contributed by atoms with Gasteiger partial charge in [0.05, 0.1) is 10.0 Å². The summed E-state index contributed by atoms with van der Waals surface area (Å²) in [6.45, 7) is 10.4. The van der Waals surface area contributed by atoms with Gasteiger partial charge in [-0.25, -0.2) is 0 Å². The van der Waals surface area contributed by atoms with Crippen molar-refractivity contribution in [2.45, 2.75) is 58.4 Å². The predicted octanol–water partition coefficient (Wildman–Crippen LogP) is 4.73. The van der Waals surface area contributed by atoms with E-state index in [2.05, 4.69) is 15.0 Å². The van der Waals surface area contributed by atoms with E-state index in [1.54, 1.807) is 6.07 Å². The summed E-state index contributed by atoms with van der Waals surface area (Å²) in [4.78, 5) is 21.8. The van der Waals surface area contributed by atoms with Crippen molar-refractivity contribution >= 4 is 29.1 Å². The zero-order valence-electron chi connectivity index (χ0n) is 18.0. The Bertz CT molecular complexity index is 857. The first-order valence-corrected chi connectivity index (χ1v) is 11.2. The van der Waals surface area contributed by atoms with Crippen LogP contribution in [0.2, 0.25) is 10.0 Å². The lowest BCUT2D eigenvalue weighted by molar-refractivity contribution is -0.132. The molecule has 0 radical (unpaired) electrons. The molecule has 164 valence electrons. The Hall–Kier alpha value is -1.63.